The second-order valence-electron chi connectivity index (χ2n) is 10.8. The molecule has 0 bridgehead atoms. The molecule has 1 aliphatic rings. The van der Waals surface area contributed by atoms with Crippen molar-refractivity contribution in [3.05, 3.63) is 70.7 Å². The summed E-state index contributed by atoms with van der Waals surface area (Å²) in [5.74, 6) is 0.367. The van der Waals surface area contributed by atoms with E-state index in [2.05, 4.69) is 19.2 Å². The number of ketones is 1. The van der Waals surface area contributed by atoms with Crippen molar-refractivity contribution in [3.8, 4) is 0 Å². The number of methoxy groups -OCH3 is 1. The molecular weight excluding hydrogens is 528 g/mol. The van der Waals surface area contributed by atoms with Gasteiger partial charge >= 0.3 is 6.09 Å². The van der Waals surface area contributed by atoms with E-state index in [0.29, 0.717) is 24.4 Å². The van der Waals surface area contributed by atoms with Crippen LogP contribution in [0.4, 0.5) is 4.79 Å². The highest BCUT2D eigenvalue weighted by molar-refractivity contribution is 6.31. The van der Waals surface area contributed by atoms with Crippen molar-refractivity contribution in [1.82, 2.24) is 10.2 Å². The highest BCUT2D eigenvalue weighted by Gasteiger charge is 2.49. The van der Waals surface area contributed by atoms with Gasteiger partial charge in [-0.1, -0.05) is 87.3 Å². The summed E-state index contributed by atoms with van der Waals surface area (Å²) in [6.07, 6.45) is 2.63. The fourth-order valence-electron chi connectivity index (χ4n) is 5.34. The quantitative estimate of drug-likeness (QED) is 0.313. The third-order valence-electron chi connectivity index (χ3n) is 7.45. The maximum absolute atomic E-state index is 13.7. The Morgan fingerprint density at radius 3 is 2.42 bits per heavy atom. The monoisotopic (exact) mass is 568 g/mol. The number of aliphatic imine (C=N–C) groups is 1. The van der Waals surface area contributed by atoms with E-state index in [0.717, 1.165) is 24.0 Å². The number of rotatable bonds is 14. The van der Waals surface area contributed by atoms with Gasteiger partial charge in [-0.2, -0.15) is 0 Å². The van der Waals surface area contributed by atoms with E-state index in [1.807, 2.05) is 55.5 Å². The molecule has 9 heteroatoms. The average molecular weight is 569 g/mol. The van der Waals surface area contributed by atoms with Crippen LogP contribution in [0.2, 0.25) is 5.02 Å². The molecule has 0 unspecified atom stereocenters. The topological polar surface area (TPSA) is 114 Å². The average Bonchev–Trinajstić information content (AvgIpc) is 3.17. The van der Waals surface area contributed by atoms with Crippen LogP contribution in [0, 0.1) is 11.8 Å². The molecule has 2 aromatic rings. The number of nitrogens with one attached hydrogen (secondary N) is 1. The van der Waals surface area contributed by atoms with Crippen LogP contribution >= 0.6 is 11.6 Å². The van der Waals surface area contributed by atoms with Crippen molar-refractivity contribution < 1.29 is 19.1 Å². The summed E-state index contributed by atoms with van der Waals surface area (Å²) in [7, 11) is 1.27. The van der Waals surface area contributed by atoms with Crippen LogP contribution in [-0.4, -0.2) is 48.3 Å². The predicted octanol–water partition coefficient (Wildman–Crippen LogP) is 5.47. The van der Waals surface area contributed by atoms with E-state index in [-0.39, 0.29) is 42.3 Å². The zero-order valence-electron chi connectivity index (χ0n) is 23.9. The van der Waals surface area contributed by atoms with Gasteiger partial charge in [0.1, 0.15) is 0 Å². The van der Waals surface area contributed by atoms with Gasteiger partial charge in [0.05, 0.1) is 13.2 Å². The molecule has 0 spiro atoms. The summed E-state index contributed by atoms with van der Waals surface area (Å²) in [4.78, 5) is 45.3. The molecule has 0 radical (unpaired) electrons. The van der Waals surface area contributed by atoms with E-state index in [4.69, 9.17) is 27.1 Å². The van der Waals surface area contributed by atoms with Gasteiger partial charge in [0.2, 0.25) is 0 Å². The first kappa shape index (κ1) is 31.1. The Balaban J connectivity index is 1.65. The highest BCUT2D eigenvalue weighted by atomic mass is 35.5. The molecule has 3 rings (SSSR count). The zero-order valence-corrected chi connectivity index (χ0v) is 24.6. The van der Waals surface area contributed by atoms with Gasteiger partial charge in [-0.25, -0.2) is 9.79 Å². The minimum absolute atomic E-state index is 0.0751. The summed E-state index contributed by atoms with van der Waals surface area (Å²) < 4.78 is 4.75. The lowest BCUT2D eigenvalue weighted by Crippen LogP contribution is -2.44. The van der Waals surface area contributed by atoms with Gasteiger partial charge in [0.15, 0.2) is 17.3 Å². The van der Waals surface area contributed by atoms with Gasteiger partial charge in [-0.05, 0) is 48.3 Å². The van der Waals surface area contributed by atoms with Crippen LogP contribution in [0.15, 0.2) is 59.6 Å². The second-order valence-corrected chi connectivity index (χ2v) is 11.2. The van der Waals surface area contributed by atoms with Gasteiger partial charge in [0, 0.05) is 24.4 Å². The minimum atomic E-state index is -1.01. The molecule has 1 aliphatic heterocycles. The molecule has 0 saturated heterocycles. The van der Waals surface area contributed by atoms with Crippen molar-refractivity contribution >= 4 is 35.3 Å². The molecule has 0 aliphatic carbocycles. The number of benzene rings is 2. The zero-order chi connectivity index (χ0) is 29.3. The molecule has 3 atom stereocenters. The molecular formula is C31H41ClN4O4. The first-order chi connectivity index (χ1) is 19.1. The lowest BCUT2D eigenvalue weighted by atomic mass is 9.82. The van der Waals surface area contributed by atoms with Crippen LogP contribution in [0.1, 0.15) is 64.0 Å². The highest BCUT2D eigenvalue weighted by Crippen LogP contribution is 2.39. The Morgan fingerprint density at radius 2 is 1.80 bits per heavy atom. The van der Waals surface area contributed by atoms with Crippen molar-refractivity contribution in [3.63, 3.8) is 0 Å². The fraction of sp³-hybridized carbons (Fsp3) is 0.484. The van der Waals surface area contributed by atoms with Crippen LogP contribution < -0.4 is 11.1 Å². The van der Waals surface area contributed by atoms with Gasteiger partial charge in [-0.15, -0.1) is 0 Å². The van der Waals surface area contributed by atoms with E-state index in [1.165, 1.54) is 7.11 Å². The normalized spacial score (nSPS) is 18.4. The Bertz CT molecular complexity index is 1200. The van der Waals surface area contributed by atoms with E-state index < -0.39 is 17.7 Å². The summed E-state index contributed by atoms with van der Waals surface area (Å²) in [6.45, 7) is 6.61. The third kappa shape index (κ3) is 7.62. The number of hydrogen-bond acceptors (Lipinski definition) is 6. The van der Waals surface area contributed by atoms with Crippen molar-refractivity contribution in [2.75, 3.05) is 13.7 Å². The number of nitrogens with two attached hydrogens (primary N) is 1. The Morgan fingerprint density at radius 1 is 1.12 bits per heavy atom. The third-order valence-corrected chi connectivity index (χ3v) is 7.81. The summed E-state index contributed by atoms with van der Waals surface area (Å²) in [5.41, 5.74) is 6.92. The van der Waals surface area contributed by atoms with Gasteiger partial charge in [0.25, 0.3) is 5.91 Å². The van der Waals surface area contributed by atoms with Crippen LogP contribution in [0.25, 0.3) is 0 Å². The van der Waals surface area contributed by atoms with Crippen LogP contribution in [-0.2, 0) is 26.3 Å². The van der Waals surface area contributed by atoms with E-state index in [9.17, 15) is 14.4 Å². The second kappa shape index (κ2) is 14.3. The molecule has 216 valence electrons. The minimum Gasteiger partial charge on any atom is -0.453 e. The molecule has 2 amide bonds. The van der Waals surface area contributed by atoms with Crippen molar-refractivity contribution in [2.45, 2.75) is 70.9 Å². The largest absolute Gasteiger partial charge is 0.453 e. The van der Waals surface area contributed by atoms with Crippen molar-refractivity contribution in [1.29, 1.82) is 0 Å². The lowest BCUT2D eigenvalue weighted by Gasteiger charge is -2.28. The van der Waals surface area contributed by atoms with Gasteiger partial charge < -0.3 is 15.8 Å². The Labute approximate surface area is 242 Å². The number of ether oxygens (including phenoxy) is 1. The predicted molar refractivity (Wildman–Crippen MR) is 158 cm³/mol. The number of alkyl carbamates (subject to hydrolysis) is 1. The molecule has 0 aromatic heterocycles. The maximum atomic E-state index is 13.7. The van der Waals surface area contributed by atoms with Gasteiger partial charge in [-0.3, -0.25) is 14.5 Å². The molecule has 40 heavy (non-hydrogen) atoms. The van der Waals surface area contributed by atoms with Crippen LogP contribution in [0.5, 0.6) is 0 Å². The Kier molecular flexibility index (Phi) is 11.1. The number of halogens is 1. The summed E-state index contributed by atoms with van der Waals surface area (Å²) in [6, 6.07) is 16.1. The lowest BCUT2D eigenvalue weighted by molar-refractivity contribution is -0.132. The molecule has 0 fully saturated rings. The number of amides is 2. The van der Waals surface area contributed by atoms with Crippen molar-refractivity contribution in [2.24, 2.45) is 22.6 Å². The molecule has 0 saturated carbocycles. The fourth-order valence-corrected chi connectivity index (χ4v) is 5.55. The molecule has 2 aromatic carbocycles. The summed E-state index contributed by atoms with van der Waals surface area (Å²) >= 11 is 6.31. The number of hydrogen-bond donors (Lipinski definition) is 2. The number of carbonyl (C=O) groups is 3. The number of nitrogens with zero attached hydrogens (tertiary/aromatic N) is 2. The summed E-state index contributed by atoms with van der Waals surface area (Å²) in [5, 5.41) is 3.21. The van der Waals surface area contributed by atoms with Crippen LogP contribution in [0.3, 0.4) is 0 Å². The molecule has 3 N–H and O–H groups in total. The SMILES string of the molecule is CC[C@@H](CCCN1C(=O)[C@@](CC(C)C)(c2ccccc2)N=C1N)CC(=O)[C@H](Cc1ccccc1Cl)NC(=O)OC. The maximum Gasteiger partial charge on any atom is 0.407 e. The van der Waals surface area contributed by atoms with E-state index >= 15 is 0 Å². The number of carbonyl (C=O) groups excluding carboxylic acids is 3. The smallest absolute Gasteiger partial charge is 0.407 e. The standard InChI is InChI=1S/C31H41ClN4O4/c1-5-22(18-27(37)26(34-30(39)40-4)19-23-13-9-10-16-25(23)32)12-11-17-36-28(38)31(20-21(2)3,35-29(36)33)24-14-7-6-8-15-24/h6-10,13-16,21-22,26H,5,11-12,17-20H2,1-4H3,(H2,33,35)(H,34,39)/t22-,26-,31+/m0/s1. The molecule has 8 nitrogen and oxygen atoms in total. The Hall–Kier alpha value is -3.39. The first-order valence-electron chi connectivity index (χ1n) is 13.9. The number of guanidine groups is 1. The number of Topliss-reactive ketones (excluding diaryl/α,β-unsaturated/α-hetero) is 1. The first-order valence-corrected chi connectivity index (χ1v) is 14.3. The molecule has 1 heterocycles. The van der Waals surface area contributed by atoms with E-state index in [1.54, 1.807) is 11.0 Å².